The molecule has 1 aromatic carbocycles. The van der Waals surface area contributed by atoms with E-state index in [0.717, 1.165) is 0 Å². The van der Waals surface area contributed by atoms with Crippen molar-refractivity contribution >= 4 is 33.8 Å². The van der Waals surface area contributed by atoms with Gasteiger partial charge in [0.25, 0.3) is 0 Å². The van der Waals surface area contributed by atoms with Crippen LogP contribution in [-0.4, -0.2) is 38.6 Å². The molecule has 1 aliphatic rings. The lowest BCUT2D eigenvalue weighted by Crippen LogP contribution is -2.50. The number of hydrogen-bond donors (Lipinski definition) is 0. The van der Waals surface area contributed by atoms with Crippen LogP contribution in [0.15, 0.2) is 24.3 Å². The van der Waals surface area contributed by atoms with Gasteiger partial charge in [0.1, 0.15) is 6.29 Å². The monoisotopic (exact) mass is 288 g/mol. The molecule has 1 aliphatic heterocycles. The van der Waals surface area contributed by atoms with Gasteiger partial charge in [-0.05, 0) is 24.6 Å². The van der Waals surface area contributed by atoms with Gasteiger partial charge in [-0.25, -0.2) is 0 Å². The largest absolute Gasteiger partial charge is 0.304 e. The van der Waals surface area contributed by atoms with Gasteiger partial charge in [0.05, 0.1) is 12.2 Å². The van der Waals surface area contributed by atoms with Crippen LogP contribution in [0.2, 0.25) is 5.02 Å². The summed E-state index contributed by atoms with van der Waals surface area (Å²) in [5, 5.41) is 0.482. The SMILES string of the molecule is O=CCN1CCCN(c2cccc(Cl)c2)S1(=O)=O. The second-order valence-corrected chi connectivity index (χ2v) is 6.23. The number of carbonyl (C=O) groups excluding carboxylic acids is 1. The maximum absolute atomic E-state index is 12.3. The van der Waals surface area contributed by atoms with Gasteiger partial charge in [-0.1, -0.05) is 17.7 Å². The number of anilines is 1. The van der Waals surface area contributed by atoms with E-state index in [-0.39, 0.29) is 6.54 Å². The average Bonchev–Trinajstić information content (AvgIpc) is 2.31. The highest BCUT2D eigenvalue weighted by Crippen LogP contribution is 2.26. The van der Waals surface area contributed by atoms with Gasteiger partial charge < -0.3 is 4.79 Å². The Morgan fingerprint density at radius 1 is 1.33 bits per heavy atom. The van der Waals surface area contributed by atoms with Crippen molar-refractivity contribution in [2.45, 2.75) is 6.42 Å². The van der Waals surface area contributed by atoms with Crippen molar-refractivity contribution in [1.29, 1.82) is 0 Å². The Bertz CT molecular complexity index is 547. The zero-order valence-corrected chi connectivity index (χ0v) is 11.2. The fourth-order valence-electron chi connectivity index (χ4n) is 1.92. The van der Waals surface area contributed by atoms with E-state index in [2.05, 4.69) is 0 Å². The molecule has 7 heteroatoms. The van der Waals surface area contributed by atoms with Crippen molar-refractivity contribution in [3.8, 4) is 0 Å². The highest BCUT2D eigenvalue weighted by atomic mass is 35.5. The highest BCUT2D eigenvalue weighted by Gasteiger charge is 2.33. The van der Waals surface area contributed by atoms with Crippen LogP contribution < -0.4 is 4.31 Å². The lowest BCUT2D eigenvalue weighted by Gasteiger charge is -2.35. The van der Waals surface area contributed by atoms with E-state index in [1.54, 1.807) is 24.3 Å². The van der Waals surface area contributed by atoms with Crippen LogP contribution in [0.4, 0.5) is 5.69 Å². The smallest absolute Gasteiger partial charge is 0.302 e. The van der Waals surface area contributed by atoms with Gasteiger partial charge in [0.15, 0.2) is 0 Å². The van der Waals surface area contributed by atoms with Crippen LogP contribution in [-0.2, 0) is 15.0 Å². The molecule has 0 bridgehead atoms. The molecule has 0 atom stereocenters. The number of rotatable bonds is 3. The zero-order chi connectivity index (χ0) is 13.2. The van der Waals surface area contributed by atoms with Crippen molar-refractivity contribution in [1.82, 2.24) is 4.31 Å². The second kappa shape index (κ2) is 5.26. The lowest BCUT2D eigenvalue weighted by molar-refractivity contribution is -0.108. The number of carbonyl (C=O) groups is 1. The van der Waals surface area contributed by atoms with Gasteiger partial charge >= 0.3 is 10.2 Å². The minimum Gasteiger partial charge on any atom is -0.302 e. The van der Waals surface area contributed by atoms with Gasteiger partial charge in [-0.15, -0.1) is 0 Å². The second-order valence-electron chi connectivity index (χ2n) is 3.94. The lowest BCUT2D eigenvalue weighted by atomic mass is 10.3. The summed E-state index contributed by atoms with van der Waals surface area (Å²) in [5.41, 5.74) is 0.526. The Labute approximate surface area is 111 Å². The molecule has 18 heavy (non-hydrogen) atoms. The molecule has 0 aliphatic carbocycles. The molecule has 1 saturated heterocycles. The summed E-state index contributed by atoms with van der Waals surface area (Å²) >= 11 is 5.86. The van der Waals surface area contributed by atoms with E-state index in [1.165, 1.54) is 8.61 Å². The Morgan fingerprint density at radius 3 is 2.78 bits per heavy atom. The topological polar surface area (TPSA) is 57.7 Å². The minimum atomic E-state index is -3.62. The summed E-state index contributed by atoms with van der Waals surface area (Å²) < 4.78 is 27.0. The Kier molecular flexibility index (Phi) is 3.89. The fraction of sp³-hybridized carbons (Fsp3) is 0.364. The minimum absolute atomic E-state index is 0.112. The molecule has 0 spiro atoms. The summed E-state index contributed by atoms with van der Waals surface area (Å²) in [7, 11) is -3.62. The predicted octanol–water partition coefficient (Wildman–Crippen LogP) is 1.30. The summed E-state index contributed by atoms with van der Waals surface area (Å²) in [6.07, 6.45) is 1.28. The van der Waals surface area contributed by atoms with Crippen LogP contribution in [0.3, 0.4) is 0 Å². The number of nitrogens with zero attached hydrogens (tertiary/aromatic N) is 2. The molecule has 0 N–H and O–H groups in total. The molecule has 0 radical (unpaired) electrons. The van der Waals surface area contributed by atoms with Crippen LogP contribution in [0.5, 0.6) is 0 Å². The first-order valence-electron chi connectivity index (χ1n) is 5.53. The van der Waals surface area contributed by atoms with Crippen LogP contribution in [0, 0.1) is 0 Å². The van der Waals surface area contributed by atoms with E-state index in [4.69, 9.17) is 11.6 Å². The van der Waals surface area contributed by atoms with Crippen molar-refractivity contribution in [2.24, 2.45) is 0 Å². The number of aldehydes is 1. The Morgan fingerprint density at radius 2 is 2.11 bits per heavy atom. The van der Waals surface area contributed by atoms with Gasteiger partial charge in [-0.2, -0.15) is 12.7 Å². The maximum atomic E-state index is 12.3. The molecular formula is C11H13ClN2O3S. The van der Waals surface area contributed by atoms with Crippen molar-refractivity contribution in [2.75, 3.05) is 23.9 Å². The Hall–Kier alpha value is -1.11. The average molecular weight is 289 g/mol. The van der Waals surface area contributed by atoms with E-state index in [9.17, 15) is 13.2 Å². The van der Waals surface area contributed by atoms with Crippen LogP contribution >= 0.6 is 11.6 Å². The molecule has 0 amide bonds. The number of hydrogen-bond acceptors (Lipinski definition) is 3. The third-order valence-corrected chi connectivity index (χ3v) is 4.92. The van der Waals surface area contributed by atoms with E-state index in [0.29, 0.717) is 36.5 Å². The van der Waals surface area contributed by atoms with Gasteiger partial charge in [-0.3, -0.25) is 4.31 Å². The van der Waals surface area contributed by atoms with Gasteiger partial charge in [0.2, 0.25) is 0 Å². The van der Waals surface area contributed by atoms with E-state index >= 15 is 0 Å². The molecule has 1 aromatic rings. The Balaban J connectivity index is 2.35. The summed E-state index contributed by atoms with van der Waals surface area (Å²) in [5.74, 6) is 0. The third-order valence-electron chi connectivity index (χ3n) is 2.75. The number of benzene rings is 1. The molecule has 1 heterocycles. The van der Waals surface area contributed by atoms with Crippen molar-refractivity contribution in [3.05, 3.63) is 29.3 Å². The van der Waals surface area contributed by atoms with Crippen LogP contribution in [0.25, 0.3) is 0 Å². The summed E-state index contributed by atoms with van der Waals surface area (Å²) in [6, 6.07) is 6.67. The maximum Gasteiger partial charge on any atom is 0.304 e. The predicted molar refractivity (Wildman–Crippen MR) is 70.0 cm³/mol. The fourth-order valence-corrected chi connectivity index (χ4v) is 3.74. The third kappa shape index (κ3) is 2.50. The van der Waals surface area contributed by atoms with Crippen molar-refractivity contribution < 1.29 is 13.2 Å². The highest BCUT2D eigenvalue weighted by molar-refractivity contribution is 7.90. The molecule has 98 valence electrons. The first kappa shape index (κ1) is 13.3. The number of halogens is 1. The molecule has 5 nitrogen and oxygen atoms in total. The molecule has 0 aromatic heterocycles. The molecule has 0 unspecified atom stereocenters. The quantitative estimate of drug-likeness (QED) is 0.788. The molecular weight excluding hydrogens is 276 g/mol. The first-order valence-corrected chi connectivity index (χ1v) is 7.30. The van der Waals surface area contributed by atoms with E-state index in [1.807, 2.05) is 0 Å². The molecule has 1 fully saturated rings. The summed E-state index contributed by atoms with van der Waals surface area (Å²) in [4.78, 5) is 10.5. The standard InChI is InChI=1S/C11H13ClN2O3S/c12-10-3-1-4-11(9-10)14-6-2-5-13(7-8-15)18(14,16)17/h1,3-4,8-9H,2,5-7H2. The molecule has 2 rings (SSSR count). The normalized spacial score (nSPS) is 19.7. The van der Waals surface area contributed by atoms with Crippen molar-refractivity contribution in [3.63, 3.8) is 0 Å². The first-order chi connectivity index (χ1) is 8.55. The van der Waals surface area contributed by atoms with Gasteiger partial charge in [0, 0.05) is 18.1 Å². The summed E-state index contributed by atoms with van der Waals surface area (Å²) in [6.45, 7) is 0.662. The van der Waals surface area contributed by atoms with E-state index < -0.39 is 10.2 Å². The zero-order valence-electron chi connectivity index (χ0n) is 9.62. The van der Waals surface area contributed by atoms with Crippen LogP contribution in [0.1, 0.15) is 6.42 Å². The molecule has 0 saturated carbocycles.